The van der Waals surface area contributed by atoms with Gasteiger partial charge in [-0.05, 0) is 63.5 Å². The van der Waals surface area contributed by atoms with Crippen molar-refractivity contribution in [2.45, 2.75) is 72.3 Å². The first kappa shape index (κ1) is 16.4. The third kappa shape index (κ3) is 4.77. The van der Waals surface area contributed by atoms with Crippen LogP contribution < -0.4 is 5.32 Å². The SMILES string of the molecule is CCCNCc1cc(C)nc(C2CCC(C(C)C)CC2)n1. The number of nitrogens with zero attached hydrogens (tertiary/aromatic N) is 2. The molecule has 0 radical (unpaired) electrons. The second-order valence-electron chi connectivity index (χ2n) is 6.89. The minimum atomic E-state index is 0.574. The molecule has 0 atom stereocenters. The fourth-order valence-corrected chi connectivity index (χ4v) is 3.37. The van der Waals surface area contributed by atoms with Crippen LogP contribution in [0.4, 0.5) is 0 Å². The number of hydrogen-bond donors (Lipinski definition) is 1. The summed E-state index contributed by atoms with van der Waals surface area (Å²) in [7, 11) is 0. The van der Waals surface area contributed by atoms with E-state index in [1.54, 1.807) is 0 Å². The second-order valence-corrected chi connectivity index (χ2v) is 6.89. The molecule has 1 aliphatic carbocycles. The van der Waals surface area contributed by atoms with Crippen LogP contribution in [0.1, 0.15) is 76.0 Å². The van der Waals surface area contributed by atoms with Gasteiger partial charge in [0, 0.05) is 18.2 Å². The molecule has 0 unspecified atom stereocenters. The van der Waals surface area contributed by atoms with Gasteiger partial charge in [0.25, 0.3) is 0 Å². The molecule has 1 heterocycles. The van der Waals surface area contributed by atoms with Gasteiger partial charge in [-0.1, -0.05) is 20.8 Å². The Hall–Kier alpha value is -0.960. The fraction of sp³-hybridized carbons (Fsp3) is 0.778. The number of rotatable bonds is 6. The summed E-state index contributed by atoms with van der Waals surface area (Å²) in [6.45, 7) is 10.9. The van der Waals surface area contributed by atoms with Crippen LogP contribution in [0.5, 0.6) is 0 Å². The maximum atomic E-state index is 4.83. The van der Waals surface area contributed by atoms with Gasteiger partial charge in [-0.15, -0.1) is 0 Å². The summed E-state index contributed by atoms with van der Waals surface area (Å²) >= 11 is 0. The predicted molar refractivity (Wildman–Crippen MR) is 88.3 cm³/mol. The molecule has 118 valence electrons. The summed E-state index contributed by atoms with van der Waals surface area (Å²) < 4.78 is 0. The molecule has 1 aromatic rings. The Morgan fingerprint density at radius 2 is 1.90 bits per heavy atom. The van der Waals surface area contributed by atoms with Crippen LogP contribution in [0.25, 0.3) is 0 Å². The van der Waals surface area contributed by atoms with Crippen LogP contribution >= 0.6 is 0 Å². The average Bonchev–Trinajstić information content (AvgIpc) is 2.47. The lowest BCUT2D eigenvalue weighted by Crippen LogP contribution is -2.20. The van der Waals surface area contributed by atoms with E-state index in [1.165, 1.54) is 25.7 Å². The molecule has 0 aromatic carbocycles. The molecule has 0 bridgehead atoms. The normalized spacial score (nSPS) is 22.7. The van der Waals surface area contributed by atoms with Gasteiger partial charge in [-0.3, -0.25) is 0 Å². The zero-order valence-corrected chi connectivity index (χ0v) is 14.2. The van der Waals surface area contributed by atoms with Crippen LogP contribution in [-0.4, -0.2) is 16.5 Å². The largest absolute Gasteiger partial charge is 0.311 e. The van der Waals surface area contributed by atoms with Gasteiger partial charge in [0.1, 0.15) is 5.82 Å². The van der Waals surface area contributed by atoms with Crippen molar-refractivity contribution < 1.29 is 0 Å². The van der Waals surface area contributed by atoms with Gasteiger partial charge in [-0.2, -0.15) is 0 Å². The number of nitrogens with one attached hydrogen (secondary N) is 1. The van der Waals surface area contributed by atoms with Gasteiger partial charge in [0.2, 0.25) is 0 Å². The van der Waals surface area contributed by atoms with Crippen molar-refractivity contribution in [1.82, 2.24) is 15.3 Å². The van der Waals surface area contributed by atoms with Crippen molar-refractivity contribution in [3.05, 3.63) is 23.3 Å². The topological polar surface area (TPSA) is 37.8 Å². The molecule has 1 aromatic heterocycles. The highest BCUT2D eigenvalue weighted by atomic mass is 14.9. The number of hydrogen-bond acceptors (Lipinski definition) is 3. The van der Waals surface area contributed by atoms with Crippen molar-refractivity contribution in [2.75, 3.05) is 6.54 Å². The van der Waals surface area contributed by atoms with Crippen LogP contribution in [0, 0.1) is 18.8 Å². The first-order valence-electron chi connectivity index (χ1n) is 8.65. The van der Waals surface area contributed by atoms with E-state index < -0.39 is 0 Å². The lowest BCUT2D eigenvalue weighted by atomic mass is 9.76. The smallest absolute Gasteiger partial charge is 0.131 e. The Kier molecular flexibility index (Phi) is 6.16. The van der Waals surface area contributed by atoms with Crippen molar-refractivity contribution >= 4 is 0 Å². The highest BCUT2D eigenvalue weighted by Crippen LogP contribution is 2.37. The molecule has 1 saturated carbocycles. The standard InChI is InChI=1S/C18H31N3/c1-5-10-19-12-17-11-14(4)20-18(21-17)16-8-6-15(7-9-16)13(2)3/h11,13,15-16,19H,5-10,12H2,1-4H3. The minimum absolute atomic E-state index is 0.574. The Morgan fingerprint density at radius 3 is 2.52 bits per heavy atom. The van der Waals surface area contributed by atoms with Crippen LogP contribution in [0.3, 0.4) is 0 Å². The number of aryl methyl sites for hydroxylation is 1. The molecular formula is C18H31N3. The minimum Gasteiger partial charge on any atom is -0.311 e. The quantitative estimate of drug-likeness (QED) is 0.797. The second kappa shape index (κ2) is 7.88. The third-order valence-electron chi connectivity index (χ3n) is 4.74. The maximum Gasteiger partial charge on any atom is 0.131 e. The molecule has 2 rings (SSSR count). The molecule has 3 heteroatoms. The molecular weight excluding hydrogens is 258 g/mol. The van der Waals surface area contributed by atoms with Gasteiger partial charge >= 0.3 is 0 Å². The fourth-order valence-electron chi connectivity index (χ4n) is 3.37. The van der Waals surface area contributed by atoms with E-state index in [4.69, 9.17) is 9.97 Å². The molecule has 0 aliphatic heterocycles. The lowest BCUT2D eigenvalue weighted by Gasteiger charge is -2.30. The predicted octanol–water partition coefficient (Wildman–Crippen LogP) is 4.21. The Morgan fingerprint density at radius 1 is 1.19 bits per heavy atom. The van der Waals surface area contributed by atoms with E-state index >= 15 is 0 Å². The van der Waals surface area contributed by atoms with Gasteiger partial charge in [0.15, 0.2) is 0 Å². The van der Waals surface area contributed by atoms with Crippen LogP contribution in [0.15, 0.2) is 6.07 Å². The van der Waals surface area contributed by atoms with Gasteiger partial charge in [0.05, 0.1) is 5.69 Å². The Balaban J connectivity index is 1.99. The highest BCUT2D eigenvalue weighted by Gasteiger charge is 2.26. The first-order chi connectivity index (χ1) is 10.1. The van der Waals surface area contributed by atoms with Gasteiger partial charge in [-0.25, -0.2) is 9.97 Å². The first-order valence-corrected chi connectivity index (χ1v) is 8.65. The third-order valence-corrected chi connectivity index (χ3v) is 4.74. The molecule has 1 aliphatic rings. The monoisotopic (exact) mass is 289 g/mol. The van der Waals surface area contributed by atoms with E-state index in [-0.39, 0.29) is 0 Å². The van der Waals surface area contributed by atoms with E-state index in [0.29, 0.717) is 5.92 Å². The molecule has 1 N–H and O–H groups in total. The van der Waals surface area contributed by atoms with Crippen molar-refractivity contribution in [3.63, 3.8) is 0 Å². The zero-order valence-electron chi connectivity index (χ0n) is 14.2. The lowest BCUT2D eigenvalue weighted by molar-refractivity contribution is 0.254. The summed E-state index contributed by atoms with van der Waals surface area (Å²) in [5.41, 5.74) is 2.26. The summed E-state index contributed by atoms with van der Waals surface area (Å²) in [6, 6.07) is 2.12. The maximum absolute atomic E-state index is 4.83. The number of aromatic nitrogens is 2. The van der Waals surface area contributed by atoms with Crippen molar-refractivity contribution in [1.29, 1.82) is 0 Å². The van der Waals surface area contributed by atoms with Gasteiger partial charge < -0.3 is 5.32 Å². The highest BCUT2D eigenvalue weighted by molar-refractivity contribution is 5.13. The molecule has 1 fully saturated rings. The molecule has 21 heavy (non-hydrogen) atoms. The van der Waals surface area contributed by atoms with Crippen LogP contribution in [0.2, 0.25) is 0 Å². The zero-order chi connectivity index (χ0) is 15.2. The van der Waals surface area contributed by atoms with Crippen molar-refractivity contribution in [2.24, 2.45) is 11.8 Å². The summed E-state index contributed by atoms with van der Waals surface area (Å²) in [4.78, 5) is 9.54. The molecule has 0 spiro atoms. The van der Waals surface area contributed by atoms with Crippen molar-refractivity contribution in [3.8, 4) is 0 Å². The Labute approximate surface area is 130 Å². The summed E-state index contributed by atoms with van der Waals surface area (Å²) in [5, 5.41) is 3.44. The summed E-state index contributed by atoms with van der Waals surface area (Å²) in [5.74, 6) is 3.38. The molecule has 3 nitrogen and oxygen atoms in total. The van der Waals surface area contributed by atoms with E-state index in [0.717, 1.165) is 48.6 Å². The van der Waals surface area contributed by atoms with E-state index in [9.17, 15) is 0 Å². The van der Waals surface area contributed by atoms with E-state index in [2.05, 4.69) is 39.1 Å². The Bertz CT molecular complexity index is 434. The molecule has 0 amide bonds. The van der Waals surface area contributed by atoms with E-state index in [1.807, 2.05) is 0 Å². The van der Waals surface area contributed by atoms with Crippen LogP contribution in [-0.2, 0) is 6.54 Å². The summed E-state index contributed by atoms with van der Waals surface area (Å²) in [6.07, 6.45) is 6.35. The average molecular weight is 289 g/mol. The molecule has 0 saturated heterocycles.